The highest BCUT2D eigenvalue weighted by Crippen LogP contribution is 2.34. The molecular formula is C22H26N4O. The number of benzene rings is 1. The van der Waals surface area contributed by atoms with Crippen LogP contribution in [0, 0.1) is 0 Å². The second-order valence-electron chi connectivity index (χ2n) is 7.97. The van der Waals surface area contributed by atoms with Crippen LogP contribution in [0.4, 0.5) is 0 Å². The second-order valence-corrected chi connectivity index (χ2v) is 7.97. The molecule has 2 aliphatic rings. The summed E-state index contributed by atoms with van der Waals surface area (Å²) in [6.07, 6.45) is 7.07. The largest absolute Gasteiger partial charge is 0.334 e. The summed E-state index contributed by atoms with van der Waals surface area (Å²) in [6.45, 7) is 1.71. The highest BCUT2D eigenvalue weighted by Gasteiger charge is 2.31. The number of likely N-dealkylation sites (tertiary alicyclic amines) is 1. The predicted molar refractivity (Wildman–Crippen MR) is 107 cm³/mol. The quantitative estimate of drug-likeness (QED) is 0.776. The Bertz CT molecular complexity index is 1050. The van der Waals surface area contributed by atoms with Gasteiger partial charge in [-0.2, -0.15) is 0 Å². The Kier molecular flexibility index (Phi) is 4.12. The smallest absolute Gasteiger partial charge is 0.252 e. The van der Waals surface area contributed by atoms with Crippen molar-refractivity contribution in [2.24, 2.45) is 7.05 Å². The lowest BCUT2D eigenvalue weighted by Gasteiger charge is -2.24. The van der Waals surface area contributed by atoms with Crippen LogP contribution < -0.4 is 5.56 Å². The van der Waals surface area contributed by atoms with Gasteiger partial charge in [0.05, 0.1) is 11.7 Å². The summed E-state index contributed by atoms with van der Waals surface area (Å²) in [7, 11) is 2.17. The van der Waals surface area contributed by atoms with Crippen LogP contribution in [0.5, 0.6) is 0 Å². The second kappa shape index (κ2) is 6.64. The molecule has 0 unspecified atom stereocenters. The van der Waals surface area contributed by atoms with Gasteiger partial charge in [0.2, 0.25) is 0 Å². The molecule has 1 N–H and O–H groups in total. The number of hydrogen-bond acceptors (Lipinski definition) is 3. The molecule has 0 radical (unpaired) electrons. The summed E-state index contributed by atoms with van der Waals surface area (Å²) in [5.74, 6) is 1.19. The number of fused-ring (bicyclic) bond motifs is 2. The number of aromatic nitrogens is 3. The van der Waals surface area contributed by atoms with E-state index in [0.717, 1.165) is 48.7 Å². The zero-order valence-corrected chi connectivity index (χ0v) is 15.9. The summed E-state index contributed by atoms with van der Waals surface area (Å²) in [6, 6.07) is 10.3. The standard InChI is InChI=1S/C22H26N4O/c1-25-19-10-5-4-9-18(19)23-21(25)20-11-6-12-26(20)14-16-13-15-7-2-3-8-17(15)24-22(16)27/h2-3,7-8,13,20H,4-6,9-12,14H2,1H3,(H,24,27)/t20-/m1/s1. The van der Waals surface area contributed by atoms with Gasteiger partial charge >= 0.3 is 0 Å². The van der Waals surface area contributed by atoms with Gasteiger partial charge in [-0.1, -0.05) is 18.2 Å². The normalized spacial score (nSPS) is 20.3. The van der Waals surface area contributed by atoms with Gasteiger partial charge in [-0.3, -0.25) is 9.69 Å². The summed E-state index contributed by atoms with van der Waals surface area (Å²) in [4.78, 5) is 23.1. The van der Waals surface area contributed by atoms with E-state index in [1.54, 1.807) is 0 Å². The van der Waals surface area contributed by atoms with Crippen LogP contribution in [0.15, 0.2) is 35.1 Å². The minimum atomic E-state index is 0.0264. The molecule has 1 aromatic carbocycles. The van der Waals surface area contributed by atoms with Gasteiger partial charge < -0.3 is 9.55 Å². The maximum atomic E-state index is 12.6. The van der Waals surface area contributed by atoms with Gasteiger partial charge in [-0.05, 0) is 62.6 Å². The molecule has 5 nitrogen and oxygen atoms in total. The van der Waals surface area contributed by atoms with Crippen molar-refractivity contribution in [1.29, 1.82) is 0 Å². The number of pyridine rings is 1. The maximum absolute atomic E-state index is 12.6. The van der Waals surface area contributed by atoms with E-state index in [1.165, 1.54) is 30.1 Å². The van der Waals surface area contributed by atoms with E-state index < -0.39 is 0 Å². The summed E-state index contributed by atoms with van der Waals surface area (Å²) >= 11 is 0. The minimum absolute atomic E-state index is 0.0264. The van der Waals surface area contributed by atoms with E-state index in [4.69, 9.17) is 4.98 Å². The number of para-hydroxylation sites is 1. The van der Waals surface area contributed by atoms with Gasteiger partial charge in [-0.25, -0.2) is 4.98 Å². The first-order valence-electron chi connectivity index (χ1n) is 10.1. The van der Waals surface area contributed by atoms with Crippen molar-refractivity contribution in [3.05, 3.63) is 63.5 Å². The molecule has 0 amide bonds. The Balaban J connectivity index is 1.46. The monoisotopic (exact) mass is 362 g/mol. The number of hydrogen-bond donors (Lipinski definition) is 1. The summed E-state index contributed by atoms with van der Waals surface area (Å²) < 4.78 is 2.34. The highest BCUT2D eigenvalue weighted by atomic mass is 16.1. The fourth-order valence-corrected chi connectivity index (χ4v) is 4.84. The van der Waals surface area contributed by atoms with Gasteiger partial charge in [0.25, 0.3) is 5.56 Å². The molecule has 1 aliphatic carbocycles. The molecule has 2 aromatic heterocycles. The third-order valence-corrected chi connectivity index (χ3v) is 6.27. The molecule has 0 spiro atoms. The van der Waals surface area contributed by atoms with Crippen LogP contribution >= 0.6 is 0 Å². The third kappa shape index (κ3) is 2.90. The van der Waals surface area contributed by atoms with Crippen molar-refractivity contribution >= 4 is 10.9 Å². The van der Waals surface area contributed by atoms with Gasteiger partial charge in [0.1, 0.15) is 5.82 Å². The Morgan fingerprint density at radius 3 is 2.93 bits per heavy atom. The fourth-order valence-electron chi connectivity index (χ4n) is 4.84. The highest BCUT2D eigenvalue weighted by molar-refractivity contribution is 5.78. The molecule has 1 aliphatic heterocycles. The first-order valence-corrected chi connectivity index (χ1v) is 10.1. The molecule has 5 rings (SSSR count). The van der Waals surface area contributed by atoms with E-state index in [1.807, 2.05) is 24.3 Å². The van der Waals surface area contributed by atoms with Crippen molar-refractivity contribution in [2.75, 3.05) is 6.54 Å². The molecule has 3 aromatic rings. The molecular weight excluding hydrogens is 336 g/mol. The summed E-state index contributed by atoms with van der Waals surface area (Å²) in [5, 5.41) is 1.09. The molecule has 5 heteroatoms. The molecule has 3 heterocycles. The number of H-pyrrole nitrogens is 1. The minimum Gasteiger partial charge on any atom is -0.334 e. The van der Waals surface area contributed by atoms with Crippen LogP contribution in [0.2, 0.25) is 0 Å². The van der Waals surface area contributed by atoms with E-state index in [2.05, 4.69) is 27.6 Å². The Hall–Kier alpha value is -2.40. The van der Waals surface area contributed by atoms with E-state index in [-0.39, 0.29) is 5.56 Å². The van der Waals surface area contributed by atoms with E-state index >= 15 is 0 Å². The SMILES string of the molecule is Cn1c([C@H]2CCCN2Cc2cc3ccccc3[nH]c2=O)nc2c1CCCC2. The predicted octanol–water partition coefficient (Wildman–Crippen LogP) is 3.48. The van der Waals surface area contributed by atoms with E-state index in [0.29, 0.717) is 12.6 Å². The molecule has 140 valence electrons. The molecule has 1 fully saturated rings. The molecule has 1 atom stereocenters. The fraction of sp³-hybridized carbons (Fsp3) is 0.455. The number of imidazole rings is 1. The average Bonchev–Trinajstić information content (AvgIpc) is 3.27. The molecule has 0 saturated carbocycles. The third-order valence-electron chi connectivity index (χ3n) is 6.27. The maximum Gasteiger partial charge on any atom is 0.252 e. The van der Waals surface area contributed by atoms with E-state index in [9.17, 15) is 4.79 Å². The topological polar surface area (TPSA) is 53.9 Å². The van der Waals surface area contributed by atoms with Crippen LogP contribution in [0.1, 0.15) is 54.5 Å². The first kappa shape index (κ1) is 16.8. The first-order chi connectivity index (χ1) is 13.2. The lowest BCUT2D eigenvalue weighted by atomic mass is 10.0. The van der Waals surface area contributed by atoms with Gasteiger partial charge in [-0.15, -0.1) is 0 Å². The van der Waals surface area contributed by atoms with Crippen molar-refractivity contribution in [3.8, 4) is 0 Å². The zero-order chi connectivity index (χ0) is 18.4. The zero-order valence-electron chi connectivity index (χ0n) is 15.9. The van der Waals surface area contributed by atoms with Gasteiger partial charge in [0.15, 0.2) is 0 Å². The van der Waals surface area contributed by atoms with Crippen LogP contribution in [-0.2, 0) is 26.4 Å². The average molecular weight is 362 g/mol. The van der Waals surface area contributed by atoms with Gasteiger partial charge in [0, 0.05) is 30.4 Å². The van der Waals surface area contributed by atoms with Crippen molar-refractivity contribution in [2.45, 2.75) is 51.1 Å². The number of aromatic amines is 1. The number of nitrogens with one attached hydrogen (secondary N) is 1. The Labute approximate surface area is 159 Å². The summed E-state index contributed by atoms with van der Waals surface area (Å²) in [5.41, 5.74) is 4.50. The number of rotatable bonds is 3. The van der Waals surface area contributed by atoms with Crippen LogP contribution in [-0.4, -0.2) is 26.0 Å². The van der Waals surface area contributed by atoms with Crippen molar-refractivity contribution < 1.29 is 0 Å². The number of nitrogens with zero attached hydrogens (tertiary/aromatic N) is 3. The lowest BCUT2D eigenvalue weighted by Crippen LogP contribution is -2.28. The molecule has 1 saturated heterocycles. The molecule has 0 bridgehead atoms. The molecule has 27 heavy (non-hydrogen) atoms. The Morgan fingerprint density at radius 1 is 1.19 bits per heavy atom. The number of aryl methyl sites for hydroxylation is 1. The van der Waals surface area contributed by atoms with Crippen LogP contribution in [0.25, 0.3) is 10.9 Å². The van der Waals surface area contributed by atoms with Crippen molar-refractivity contribution in [3.63, 3.8) is 0 Å². The van der Waals surface area contributed by atoms with Crippen LogP contribution in [0.3, 0.4) is 0 Å². The Morgan fingerprint density at radius 2 is 2.04 bits per heavy atom. The lowest BCUT2D eigenvalue weighted by molar-refractivity contribution is 0.235. The van der Waals surface area contributed by atoms with Crippen molar-refractivity contribution in [1.82, 2.24) is 19.4 Å².